The van der Waals surface area contributed by atoms with Crippen LogP contribution in [0.5, 0.6) is 5.75 Å². The number of hydrogen-bond donors (Lipinski definition) is 1. The van der Waals surface area contributed by atoms with Gasteiger partial charge in [0.25, 0.3) is 0 Å². The Morgan fingerprint density at radius 2 is 1.83 bits per heavy atom. The summed E-state index contributed by atoms with van der Waals surface area (Å²) >= 11 is 0. The Balaban J connectivity index is 1.46. The predicted octanol–water partition coefficient (Wildman–Crippen LogP) is 1.56. The van der Waals surface area contributed by atoms with E-state index in [0.717, 1.165) is 69.8 Å². The lowest BCUT2D eigenvalue weighted by Crippen LogP contribution is -2.52. The monoisotopic (exact) mass is 334 g/mol. The SMILES string of the molecule is CN1CCN(C2CCN(c3c(F)cc(N)c4c3CCO4)CC2)CC1. The van der Waals surface area contributed by atoms with Crippen LogP contribution >= 0.6 is 0 Å². The molecule has 0 aliphatic carbocycles. The number of likely N-dealkylation sites (N-methyl/N-ethyl adjacent to an activating group) is 1. The van der Waals surface area contributed by atoms with Gasteiger partial charge in [0.2, 0.25) is 0 Å². The molecule has 0 spiro atoms. The van der Waals surface area contributed by atoms with E-state index in [0.29, 0.717) is 24.1 Å². The standard InChI is InChI=1S/C18H27FN4O/c1-21-7-9-22(10-8-21)13-2-5-23(6-3-13)17-14-4-11-24-18(14)16(20)12-15(17)19/h12-13H,2-11,20H2,1H3. The van der Waals surface area contributed by atoms with Crippen LogP contribution in [0.15, 0.2) is 6.07 Å². The van der Waals surface area contributed by atoms with E-state index in [1.54, 1.807) is 0 Å². The molecule has 3 heterocycles. The Kier molecular flexibility index (Phi) is 4.26. The van der Waals surface area contributed by atoms with Crippen molar-refractivity contribution in [2.45, 2.75) is 25.3 Å². The number of halogens is 1. The zero-order chi connectivity index (χ0) is 16.7. The third kappa shape index (κ3) is 2.82. The van der Waals surface area contributed by atoms with Crippen LogP contribution in [0.2, 0.25) is 0 Å². The Morgan fingerprint density at radius 3 is 2.54 bits per heavy atom. The van der Waals surface area contributed by atoms with Crippen LogP contribution in [0.4, 0.5) is 15.8 Å². The van der Waals surface area contributed by atoms with Gasteiger partial charge in [-0.25, -0.2) is 4.39 Å². The van der Waals surface area contributed by atoms with E-state index in [4.69, 9.17) is 10.5 Å². The van der Waals surface area contributed by atoms with Crippen molar-refractivity contribution in [1.29, 1.82) is 0 Å². The fraction of sp³-hybridized carbons (Fsp3) is 0.667. The molecule has 4 rings (SSSR count). The van der Waals surface area contributed by atoms with Gasteiger partial charge in [0.05, 0.1) is 18.0 Å². The van der Waals surface area contributed by atoms with Crippen LogP contribution in [-0.2, 0) is 6.42 Å². The highest BCUT2D eigenvalue weighted by molar-refractivity contribution is 5.71. The van der Waals surface area contributed by atoms with Crippen molar-refractivity contribution in [3.8, 4) is 5.75 Å². The minimum absolute atomic E-state index is 0.199. The second kappa shape index (κ2) is 6.41. The molecule has 0 atom stereocenters. The highest BCUT2D eigenvalue weighted by atomic mass is 19.1. The van der Waals surface area contributed by atoms with Gasteiger partial charge in [-0.3, -0.25) is 4.90 Å². The number of ether oxygens (including phenoxy) is 1. The number of fused-ring (bicyclic) bond motifs is 1. The van der Waals surface area contributed by atoms with E-state index in [1.807, 2.05) is 0 Å². The quantitative estimate of drug-likeness (QED) is 0.832. The van der Waals surface area contributed by atoms with E-state index in [2.05, 4.69) is 21.7 Å². The molecule has 0 amide bonds. The van der Waals surface area contributed by atoms with E-state index < -0.39 is 0 Å². The second-order valence-electron chi connectivity index (χ2n) is 7.26. The maximum Gasteiger partial charge on any atom is 0.149 e. The maximum atomic E-state index is 14.6. The Hall–Kier alpha value is -1.53. The van der Waals surface area contributed by atoms with Gasteiger partial charge in [-0.2, -0.15) is 0 Å². The molecule has 0 saturated carbocycles. The molecule has 0 aromatic heterocycles. The Morgan fingerprint density at radius 1 is 1.12 bits per heavy atom. The molecule has 0 unspecified atom stereocenters. The van der Waals surface area contributed by atoms with Crippen molar-refractivity contribution in [3.05, 3.63) is 17.4 Å². The summed E-state index contributed by atoms with van der Waals surface area (Å²) in [6, 6.07) is 2.06. The molecular weight excluding hydrogens is 307 g/mol. The minimum Gasteiger partial charge on any atom is -0.491 e. The van der Waals surface area contributed by atoms with Gasteiger partial charge in [-0.15, -0.1) is 0 Å². The first-order valence-corrected chi connectivity index (χ1v) is 9.04. The summed E-state index contributed by atoms with van der Waals surface area (Å²) in [7, 11) is 2.19. The molecule has 2 fully saturated rings. The molecule has 3 aliphatic heterocycles. The molecule has 2 N–H and O–H groups in total. The summed E-state index contributed by atoms with van der Waals surface area (Å²) in [5.41, 5.74) is 8.03. The number of piperazine rings is 1. The van der Waals surface area contributed by atoms with Crippen LogP contribution in [-0.4, -0.2) is 68.8 Å². The lowest BCUT2D eigenvalue weighted by atomic mass is 9.99. The molecule has 3 aliphatic rings. The molecule has 2 saturated heterocycles. The first-order chi connectivity index (χ1) is 11.6. The third-order valence-electron chi connectivity index (χ3n) is 5.76. The summed E-state index contributed by atoms with van der Waals surface area (Å²) in [5.74, 6) is 0.502. The molecule has 132 valence electrons. The summed E-state index contributed by atoms with van der Waals surface area (Å²) in [5, 5.41) is 0. The number of nitrogens with zero attached hydrogens (tertiary/aromatic N) is 3. The van der Waals surface area contributed by atoms with Crippen LogP contribution < -0.4 is 15.4 Å². The van der Waals surface area contributed by atoms with Crippen LogP contribution in [0.25, 0.3) is 0 Å². The zero-order valence-electron chi connectivity index (χ0n) is 14.4. The molecular formula is C18H27FN4O. The molecule has 0 bridgehead atoms. The van der Waals surface area contributed by atoms with Crippen LogP contribution in [0.1, 0.15) is 18.4 Å². The van der Waals surface area contributed by atoms with Gasteiger partial charge in [0.1, 0.15) is 11.6 Å². The normalized spacial score (nSPS) is 23.3. The van der Waals surface area contributed by atoms with Gasteiger partial charge < -0.3 is 20.3 Å². The third-order valence-corrected chi connectivity index (χ3v) is 5.76. The number of anilines is 2. The van der Waals surface area contributed by atoms with Crippen LogP contribution in [0, 0.1) is 5.82 Å². The second-order valence-corrected chi connectivity index (χ2v) is 7.26. The van der Waals surface area contributed by atoms with E-state index in [1.165, 1.54) is 6.07 Å². The van der Waals surface area contributed by atoms with Crippen molar-refractivity contribution in [2.75, 3.05) is 63.6 Å². The van der Waals surface area contributed by atoms with Crippen molar-refractivity contribution < 1.29 is 9.13 Å². The lowest BCUT2D eigenvalue weighted by Gasteiger charge is -2.43. The van der Waals surface area contributed by atoms with Gasteiger partial charge >= 0.3 is 0 Å². The smallest absolute Gasteiger partial charge is 0.149 e. The lowest BCUT2D eigenvalue weighted by molar-refractivity contribution is 0.0981. The maximum absolute atomic E-state index is 14.6. The van der Waals surface area contributed by atoms with Gasteiger partial charge in [-0.05, 0) is 19.9 Å². The average Bonchev–Trinajstić information content (AvgIpc) is 3.06. The topological polar surface area (TPSA) is 45.0 Å². The Labute approximate surface area is 143 Å². The van der Waals surface area contributed by atoms with Crippen LogP contribution in [0.3, 0.4) is 0 Å². The van der Waals surface area contributed by atoms with Gasteiger partial charge in [-0.1, -0.05) is 0 Å². The minimum atomic E-state index is -0.199. The number of benzene rings is 1. The first-order valence-electron chi connectivity index (χ1n) is 9.04. The number of nitrogens with two attached hydrogens (primary N) is 1. The van der Waals surface area contributed by atoms with E-state index >= 15 is 0 Å². The highest BCUT2D eigenvalue weighted by Crippen LogP contribution is 2.41. The molecule has 24 heavy (non-hydrogen) atoms. The number of piperidine rings is 1. The highest BCUT2D eigenvalue weighted by Gasteiger charge is 2.31. The predicted molar refractivity (Wildman–Crippen MR) is 94.3 cm³/mol. The summed E-state index contributed by atoms with van der Waals surface area (Å²) in [4.78, 5) is 7.21. The number of hydrogen-bond acceptors (Lipinski definition) is 5. The first kappa shape index (κ1) is 16.0. The fourth-order valence-corrected chi connectivity index (χ4v) is 4.34. The Bertz CT molecular complexity index is 608. The number of nitrogen functional groups attached to an aromatic ring is 1. The summed E-state index contributed by atoms with van der Waals surface area (Å²) in [6.45, 7) is 7.03. The number of rotatable bonds is 2. The zero-order valence-corrected chi connectivity index (χ0v) is 14.4. The summed E-state index contributed by atoms with van der Waals surface area (Å²) in [6.07, 6.45) is 2.96. The van der Waals surface area contributed by atoms with E-state index in [-0.39, 0.29) is 5.82 Å². The molecule has 5 nitrogen and oxygen atoms in total. The summed E-state index contributed by atoms with van der Waals surface area (Å²) < 4.78 is 20.2. The molecule has 1 aromatic rings. The van der Waals surface area contributed by atoms with Crippen molar-refractivity contribution in [3.63, 3.8) is 0 Å². The van der Waals surface area contributed by atoms with E-state index in [9.17, 15) is 4.39 Å². The van der Waals surface area contributed by atoms with Crippen molar-refractivity contribution in [2.24, 2.45) is 0 Å². The van der Waals surface area contributed by atoms with Crippen molar-refractivity contribution in [1.82, 2.24) is 9.80 Å². The molecule has 0 radical (unpaired) electrons. The fourth-order valence-electron chi connectivity index (χ4n) is 4.34. The van der Waals surface area contributed by atoms with Gasteiger partial charge in [0, 0.05) is 63.4 Å². The molecule has 6 heteroatoms. The van der Waals surface area contributed by atoms with Gasteiger partial charge in [0.15, 0.2) is 0 Å². The van der Waals surface area contributed by atoms with Crippen molar-refractivity contribution >= 4 is 11.4 Å². The molecule has 1 aromatic carbocycles. The largest absolute Gasteiger partial charge is 0.491 e. The average molecular weight is 334 g/mol.